The lowest BCUT2D eigenvalue weighted by Crippen LogP contribution is -2.63. The second kappa shape index (κ2) is 7.08. The molecule has 1 aliphatic heterocycles. The van der Waals surface area contributed by atoms with Gasteiger partial charge >= 0.3 is 0 Å². The van der Waals surface area contributed by atoms with E-state index in [1.54, 1.807) is 12.2 Å². The molecule has 4 fully saturated rings. The smallest absolute Gasteiger partial charge is 0.193 e. The van der Waals surface area contributed by atoms with Crippen LogP contribution in [0.15, 0.2) is 23.8 Å². The Labute approximate surface area is 183 Å². The van der Waals surface area contributed by atoms with Crippen LogP contribution >= 0.6 is 0 Å². The minimum Gasteiger partial charge on any atom is -0.393 e. The fourth-order valence-electron chi connectivity index (χ4n) is 8.12. The van der Waals surface area contributed by atoms with Gasteiger partial charge in [0, 0.05) is 16.7 Å². The van der Waals surface area contributed by atoms with Crippen molar-refractivity contribution in [2.24, 2.45) is 28.6 Å². The maximum Gasteiger partial charge on any atom is 0.193 e. The molecule has 0 aromatic heterocycles. The molecule has 9 atom stereocenters. The molecular weight excluding hydrogens is 396 g/mol. The predicted octanol–water partition coefficient (Wildman–Crippen LogP) is 2.72. The number of allylic oxidation sites excluding steroid dienone is 4. The summed E-state index contributed by atoms with van der Waals surface area (Å²) < 4.78 is 12.7. The molecule has 2 N–H and O–H groups in total. The molecule has 1 saturated heterocycles. The van der Waals surface area contributed by atoms with Crippen molar-refractivity contribution in [1.82, 2.24) is 0 Å². The molecule has 31 heavy (non-hydrogen) atoms. The first-order valence-corrected chi connectivity index (χ1v) is 11.8. The molecule has 170 valence electrons. The van der Waals surface area contributed by atoms with Crippen LogP contribution < -0.4 is 0 Å². The van der Waals surface area contributed by atoms with Crippen LogP contribution in [0, 0.1) is 28.6 Å². The van der Waals surface area contributed by atoms with E-state index in [4.69, 9.17) is 9.47 Å². The van der Waals surface area contributed by atoms with Crippen LogP contribution in [-0.4, -0.2) is 52.5 Å². The number of carbonyl (C=O) groups is 2. The van der Waals surface area contributed by atoms with Gasteiger partial charge in [0.05, 0.1) is 12.2 Å². The van der Waals surface area contributed by atoms with Crippen molar-refractivity contribution in [1.29, 1.82) is 0 Å². The molecule has 5 unspecified atom stereocenters. The topological polar surface area (TPSA) is 93.1 Å². The number of hydrogen-bond acceptors (Lipinski definition) is 6. The number of aliphatic hydroxyl groups is 2. The zero-order chi connectivity index (χ0) is 22.2. The molecule has 0 spiro atoms. The summed E-state index contributed by atoms with van der Waals surface area (Å²) in [6.07, 6.45) is 8.31. The molecule has 5 rings (SSSR count). The van der Waals surface area contributed by atoms with Gasteiger partial charge in [0.1, 0.15) is 6.61 Å². The molecule has 0 bridgehead atoms. The number of hydrogen-bond donors (Lipinski definition) is 2. The molecule has 0 amide bonds. The molecule has 5 aliphatic rings. The summed E-state index contributed by atoms with van der Waals surface area (Å²) >= 11 is 0. The zero-order valence-electron chi connectivity index (χ0n) is 18.7. The Bertz CT molecular complexity index is 862. The number of ether oxygens (including phenoxy) is 2. The SMILES string of the molecule is CCC[C@@H]1O[C@H]2CC3C4CCC5=CC(=O)C=CC5(C)C4[C@@H](O)CC3(C)[C@]2(C(=O)CO)O1. The summed E-state index contributed by atoms with van der Waals surface area (Å²) in [6, 6.07) is 0. The predicted molar refractivity (Wildman–Crippen MR) is 113 cm³/mol. The normalized spacial score (nSPS) is 50.4. The Hall–Kier alpha value is -1.34. The molecule has 6 nitrogen and oxygen atoms in total. The highest BCUT2D eigenvalue weighted by atomic mass is 16.7. The molecule has 0 aromatic rings. The molecular formula is C25H34O6. The third-order valence-electron chi connectivity index (χ3n) is 9.37. The van der Waals surface area contributed by atoms with E-state index < -0.39 is 36.1 Å². The van der Waals surface area contributed by atoms with Crippen molar-refractivity contribution in [3.05, 3.63) is 23.8 Å². The van der Waals surface area contributed by atoms with E-state index in [-0.39, 0.29) is 34.7 Å². The average Bonchev–Trinajstić information content (AvgIpc) is 3.20. The lowest BCUT2D eigenvalue weighted by Gasteiger charge is -2.59. The van der Waals surface area contributed by atoms with Crippen molar-refractivity contribution in [3.63, 3.8) is 0 Å². The Morgan fingerprint density at radius 2 is 2.10 bits per heavy atom. The molecule has 4 aliphatic carbocycles. The third kappa shape index (κ3) is 2.65. The lowest BCUT2D eigenvalue weighted by molar-refractivity contribution is -0.200. The number of ketones is 2. The summed E-state index contributed by atoms with van der Waals surface area (Å²) in [5.41, 5.74) is -1.05. The zero-order valence-corrected chi connectivity index (χ0v) is 18.7. The van der Waals surface area contributed by atoms with E-state index >= 15 is 0 Å². The van der Waals surface area contributed by atoms with Gasteiger partial charge in [0.25, 0.3) is 0 Å². The quantitative estimate of drug-likeness (QED) is 0.712. The van der Waals surface area contributed by atoms with Crippen LogP contribution in [-0.2, 0) is 19.1 Å². The van der Waals surface area contributed by atoms with Crippen molar-refractivity contribution in [2.45, 2.75) is 83.4 Å². The van der Waals surface area contributed by atoms with Crippen LogP contribution in [0.25, 0.3) is 0 Å². The Morgan fingerprint density at radius 3 is 2.81 bits per heavy atom. The minimum absolute atomic E-state index is 0.0125. The largest absolute Gasteiger partial charge is 0.393 e. The molecule has 0 aromatic carbocycles. The van der Waals surface area contributed by atoms with Crippen molar-refractivity contribution in [3.8, 4) is 0 Å². The van der Waals surface area contributed by atoms with Crippen molar-refractivity contribution >= 4 is 11.6 Å². The summed E-state index contributed by atoms with van der Waals surface area (Å²) in [6.45, 7) is 5.67. The molecule has 3 saturated carbocycles. The highest BCUT2D eigenvalue weighted by molar-refractivity contribution is 6.01. The summed E-state index contributed by atoms with van der Waals surface area (Å²) in [7, 11) is 0. The number of rotatable bonds is 4. The summed E-state index contributed by atoms with van der Waals surface area (Å²) in [5.74, 6) is 0.0274. The van der Waals surface area contributed by atoms with Gasteiger partial charge in [-0.3, -0.25) is 9.59 Å². The highest BCUT2D eigenvalue weighted by Crippen LogP contribution is 2.69. The Kier molecular flexibility index (Phi) is 4.91. The number of aliphatic hydroxyl groups excluding tert-OH is 2. The van der Waals surface area contributed by atoms with E-state index in [0.717, 1.165) is 24.8 Å². The Morgan fingerprint density at radius 1 is 1.32 bits per heavy atom. The van der Waals surface area contributed by atoms with Gasteiger partial charge in [-0.25, -0.2) is 0 Å². The Balaban J connectivity index is 1.55. The monoisotopic (exact) mass is 430 g/mol. The van der Waals surface area contributed by atoms with E-state index in [0.29, 0.717) is 19.3 Å². The molecule has 6 heteroatoms. The van der Waals surface area contributed by atoms with Gasteiger partial charge in [0.15, 0.2) is 23.5 Å². The van der Waals surface area contributed by atoms with Gasteiger partial charge in [-0.2, -0.15) is 0 Å². The van der Waals surface area contributed by atoms with Gasteiger partial charge < -0.3 is 19.7 Å². The maximum atomic E-state index is 13.2. The van der Waals surface area contributed by atoms with Crippen LogP contribution in [0.5, 0.6) is 0 Å². The first-order valence-electron chi connectivity index (χ1n) is 11.8. The second-order valence-electron chi connectivity index (χ2n) is 10.7. The average molecular weight is 431 g/mol. The van der Waals surface area contributed by atoms with E-state index in [9.17, 15) is 19.8 Å². The molecule has 1 heterocycles. The number of fused-ring (bicyclic) bond motifs is 7. The van der Waals surface area contributed by atoms with Crippen molar-refractivity contribution in [2.75, 3.05) is 6.61 Å². The third-order valence-corrected chi connectivity index (χ3v) is 9.37. The van der Waals surface area contributed by atoms with Crippen LogP contribution in [0.1, 0.15) is 59.3 Å². The lowest BCUT2D eigenvalue weighted by atomic mass is 9.46. The maximum absolute atomic E-state index is 13.2. The molecule has 0 radical (unpaired) electrons. The summed E-state index contributed by atoms with van der Waals surface area (Å²) in [4.78, 5) is 25.2. The van der Waals surface area contributed by atoms with Gasteiger partial charge in [0.2, 0.25) is 0 Å². The standard InChI is InChI=1S/C25H34O6/c1-4-5-21-30-20-11-17-16-7-6-14-10-15(27)8-9-23(14,2)22(16)18(28)12-24(17,3)25(20,31-21)19(29)13-26/h8-10,16-18,20-22,26,28H,4-7,11-13H2,1-3H3/t16?,17?,18-,20-,21+,22?,23?,24?,25+/m0/s1. The van der Waals surface area contributed by atoms with Gasteiger partial charge in [-0.05, 0) is 56.1 Å². The second-order valence-corrected chi connectivity index (χ2v) is 10.7. The highest BCUT2D eigenvalue weighted by Gasteiger charge is 2.75. The van der Waals surface area contributed by atoms with Crippen LogP contribution in [0.3, 0.4) is 0 Å². The van der Waals surface area contributed by atoms with E-state index in [1.807, 2.05) is 6.08 Å². The fourth-order valence-corrected chi connectivity index (χ4v) is 8.12. The van der Waals surface area contributed by atoms with Crippen LogP contribution in [0.4, 0.5) is 0 Å². The van der Waals surface area contributed by atoms with Gasteiger partial charge in [-0.15, -0.1) is 0 Å². The first kappa shape index (κ1) is 21.5. The first-order chi connectivity index (χ1) is 14.7. The number of Topliss-reactive ketones (excluding diaryl/α,β-unsaturated/α-hetero) is 1. The van der Waals surface area contributed by atoms with E-state index in [1.165, 1.54) is 0 Å². The summed E-state index contributed by atoms with van der Waals surface area (Å²) in [5, 5.41) is 21.4. The van der Waals surface area contributed by atoms with Gasteiger partial charge in [-0.1, -0.05) is 38.8 Å². The van der Waals surface area contributed by atoms with E-state index in [2.05, 4.69) is 20.8 Å². The van der Waals surface area contributed by atoms with Crippen molar-refractivity contribution < 1.29 is 29.3 Å². The van der Waals surface area contributed by atoms with Crippen LogP contribution in [0.2, 0.25) is 0 Å². The minimum atomic E-state index is -1.20. The fraction of sp³-hybridized carbons (Fsp3) is 0.760. The number of carbonyl (C=O) groups excluding carboxylic acids is 2.